The molecule has 1 aromatic carbocycles. The molecule has 1 aromatic rings. The molecule has 1 rings (SSSR count). The van der Waals surface area contributed by atoms with Crippen LogP contribution in [0.1, 0.15) is 81.1 Å². The van der Waals surface area contributed by atoms with E-state index in [0.717, 1.165) is 38.5 Å². The summed E-state index contributed by atoms with van der Waals surface area (Å²) in [6.07, 6.45) is 32.2. The third kappa shape index (κ3) is 20.5. The number of benzene rings is 1. The zero-order chi connectivity index (χ0) is 33.8. The van der Waals surface area contributed by atoms with Crippen molar-refractivity contribution in [2.75, 3.05) is 18.6 Å². The van der Waals surface area contributed by atoms with Crippen molar-refractivity contribution in [2.24, 2.45) is 0 Å². The Hall–Kier alpha value is -3.56. The number of phenolic OH excluding ortho intramolecular Hbond substituents is 1. The maximum Gasteiger partial charge on any atom is 0.329 e. The van der Waals surface area contributed by atoms with E-state index in [1.807, 2.05) is 12.2 Å². The molecule has 46 heavy (non-hydrogen) atoms. The van der Waals surface area contributed by atoms with E-state index in [-0.39, 0.29) is 53.1 Å². The first-order chi connectivity index (χ1) is 22.3. The van der Waals surface area contributed by atoms with Gasteiger partial charge in [-0.15, -0.1) is 0 Å². The van der Waals surface area contributed by atoms with E-state index in [1.165, 1.54) is 47.8 Å². The average Bonchev–Trinajstić information content (AvgIpc) is 3.03. The number of amides is 1. The zero-order valence-electron chi connectivity index (χ0n) is 27.3. The lowest BCUT2D eigenvalue weighted by molar-refractivity contribution is -0.144. The number of hydrogen-bond acceptors (Lipinski definition) is 8. The number of aromatic hydroxyl groups is 1. The highest BCUT2D eigenvalue weighted by Gasteiger charge is 2.21. The summed E-state index contributed by atoms with van der Waals surface area (Å²) in [5, 5.41) is 12.5. The molecule has 9 heteroatoms. The minimum absolute atomic E-state index is 0.0623. The van der Waals surface area contributed by atoms with Crippen molar-refractivity contribution in [3.05, 3.63) is 102 Å². The standard InChI is InChI=1S/C37H49NO6S2/c1-4-5-6-7-8-9-10-11-12-13-14-15-16-17-18-19-20-21-22-23-36(42)38-34(37(43)44-3)29-46-45-28-32(40)26-31-24-25-35(41)33(27-31)30(2)39/h5-6,8-9,11-12,14-15,17-18,20-21,24-25,27,34,41H,4,7,10,13,16,19,22-23,26,28-29H2,1-3H3,(H,38,42)/b6-5-,9-8-,12-11-,15-14-,18-17-,21-20-. The number of Topliss-reactive ketones (excluding diaryl/α,β-unsaturated/α-hetero) is 2. The van der Waals surface area contributed by atoms with E-state index in [1.54, 1.807) is 6.07 Å². The molecule has 0 radical (unpaired) electrons. The van der Waals surface area contributed by atoms with Crippen LogP contribution in [-0.2, 0) is 25.5 Å². The first-order valence-electron chi connectivity index (χ1n) is 15.6. The highest BCUT2D eigenvalue weighted by molar-refractivity contribution is 8.76. The average molecular weight is 668 g/mol. The molecule has 0 aliphatic carbocycles. The number of rotatable bonds is 24. The Morgan fingerprint density at radius 1 is 0.826 bits per heavy atom. The van der Waals surface area contributed by atoms with Gasteiger partial charge in [0.15, 0.2) is 5.78 Å². The number of esters is 1. The van der Waals surface area contributed by atoms with Crippen LogP contribution in [0.2, 0.25) is 0 Å². The third-order valence-corrected chi connectivity index (χ3v) is 8.67. The normalized spacial score (nSPS) is 12.8. The van der Waals surface area contributed by atoms with Gasteiger partial charge in [-0.05, 0) is 69.6 Å². The molecule has 0 aliphatic heterocycles. The molecule has 0 aromatic heterocycles. The molecule has 1 atom stereocenters. The maximum atomic E-state index is 12.4. The Bertz CT molecular complexity index is 1260. The smallest absolute Gasteiger partial charge is 0.329 e. The van der Waals surface area contributed by atoms with Crippen LogP contribution >= 0.6 is 21.6 Å². The van der Waals surface area contributed by atoms with Gasteiger partial charge < -0.3 is 15.2 Å². The molecule has 1 unspecified atom stereocenters. The van der Waals surface area contributed by atoms with E-state index in [4.69, 9.17) is 4.74 Å². The Kier molecular flexibility index (Phi) is 23.4. The molecule has 7 nitrogen and oxygen atoms in total. The van der Waals surface area contributed by atoms with E-state index in [0.29, 0.717) is 12.0 Å². The van der Waals surface area contributed by atoms with Gasteiger partial charge >= 0.3 is 5.97 Å². The fourth-order valence-electron chi connectivity index (χ4n) is 3.91. The molecule has 0 aliphatic rings. The summed E-state index contributed by atoms with van der Waals surface area (Å²) in [4.78, 5) is 48.6. The summed E-state index contributed by atoms with van der Waals surface area (Å²) < 4.78 is 4.83. The molecule has 0 spiro atoms. The van der Waals surface area contributed by atoms with E-state index < -0.39 is 12.0 Å². The van der Waals surface area contributed by atoms with Gasteiger partial charge in [-0.3, -0.25) is 14.4 Å². The lowest BCUT2D eigenvalue weighted by Crippen LogP contribution is -2.43. The summed E-state index contributed by atoms with van der Waals surface area (Å²) in [5.41, 5.74) is 0.829. The molecule has 2 N–H and O–H groups in total. The van der Waals surface area contributed by atoms with Crippen LogP contribution in [0.4, 0.5) is 0 Å². The topological polar surface area (TPSA) is 110 Å². The molecular formula is C37H49NO6S2. The van der Waals surface area contributed by atoms with E-state index in [9.17, 15) is 24.3 Å². The zero-order valence-corrected chi connectivity index (χ0v) is 29.0. The van der Waals surface area contributed by atoms with Crippen molar-refractivity contribution in [3.8, 4) is 5.75 Å². The lowest BCUT2D eigenvalue weighted by atomic mass is 10.0. The number of allylic oxidation sites excluding steroid dienone is 12. The number of carbonyl (C=O) groups excluding carboxylic acids is 4. The van der Waals surface area contributed by atoms with Crippen molar-refractivity contribution in [2.45, 2.75) is 77.7 Å². The van der Waals surface area contributed by atoms with Crippen molar-refractivity contribution in [3.63, 3.8) is 0 Å². The van der Waals surface area contributed by atoms with Gasteiger partial charge in [0.05, 0.1) is 18.4 Å². The number of phenols is 1. The van der Waals surface area contributed by atoms with Crippen molar-refractivity contribution in [1.29, 1.82) is 0 Å². The lowest BCUT2D eigenvalue weighted by Gasteiger charge is -2.15. The van der Waals surface area contributed by atoms with Crippen molar-refractivity contribution < 1.29 is 29.0 Å². The van der Waals surface area contributed by atoms with Crippen LogP contribution in [0, 0.1) is 0 Å². The highest BCUT2D eigenvalue weighted by atomic mass is 33.1. The van der Waals surface area contributed by atoms with Crippen molar-refractivity contribution >= 4 is 45.0 Å². The fraction of sp³-hybridized carbons (Fsp3) is 0.405. The van der Waals surface area contributed by atoms with E-state index in [2.05, 4.69) is 73.0 Å². The number of nitrogens with one attached hydrogen (secondary N) is 1. The number of methoxy groups -OCH3 is 1. The second-order valence-electron chi connectivity index (χ2n) is 10.3. The Labute approximate surface area is 282 Å². The summed E-state index contributed by atoms with van der Waals surface area (Å²) in [6, 6.07) is 3.73. The second-order valence-corrected chi connectivity index (χ2v) is 12.8. The molecular weight excluding hydrogens is 619 g/mol. The molecule has 0 saturated carbocycles. The molecule has 250 valence electrons. The Morgan fingerprint density at radius 2 is 1.37 bits per heavy atom. The number of ketones is 2. The monoisotopic (exact) mass is 667 g/mol. The summed E-state index contributed by atoms with van der Waals surface area (Å²) in [6.45, 7) is 3.49. The molecule has 0 fully saturated rings. The van der Waals surface area contributed by atoms with Gasteiger partial charge in [0.1, 0.15) is 17.6 Å². The number of hydrogen-bond donors (Lipinski definition) is 2. The fourth-order valence-corrected chi connectivity index (χ4v) is 6.02. The van der Waals surface area contributed by atoms with Gasteiger partial charge in [0.25, 0.3) is 0 Å². The van der Waals surface area contributed by atoms with Crippen LogP contribution in [-0.4, -0.2) is 53.2 Å². The van der Waals surface area contributed by atoms with Gasteiger partial charge in [-0.2, -0.15) is 0 Å². The number of ether oxygens (including phenoxy) is 1. The van der Waals surface area contributed by atoms with Crippen molar-refractivity contribution in [1.82, 2.24) is 5.32 Å². The molecule has 0 heterocycles. The summed E-state index contributed by atoms with van der Waals surface area (Å²) in [5.74, 6) is -0.789. The summed E-state index contributed by atoms with van der Waals surface area (Å²) in [7, 11) is 3.85. The predicted molar refractivity (Wildman–Crippen MR) is 193 cm³/mol. The molecule has 0 saturated heterocycles. The second kappa shape index (κ2) is 26.6. The minimum Gasteiger partial charge on any atom is -0.507 e. The third-order valence-electron chi connectivity index (χ3n) is 6.34. The Balaban J connectivity index is 2.24. The van der Waals surface area contributed by atoms with Gasteiger partial charge in [-0.1, -0.05) is 107 Å². The molecule has 1 amide bonds. The Morgan fingerprint density at radius 3 is 1.89 bits per heavy atom. The van der Waals surface area contributed by atoms with Gasteiger partial charge in [-0.25, -0.2) is 4.79 Å². The van der Waals surface area contributed by atoms with Crippen LogP contribution in [0.5, 0.6) is 5.75 Å². The van der Waals surface area contributed by atoms with Crippen LogP contribution in [0.3, 0.4) is 0 Å². The largest absolute Gasteiger partial charge is 0.507 e. The van der Waals surface area contributed by atoms with Crippen LogP contribution < -0.4 is 5.32 Å². The van der Waals surface area contributed by atoms with Gasteiger partial charge in [0, 0.05) is 18.6 Å². The summed E-state index contributed by atoms with van der Waals surface area (Å²) >= 11 is 0. The SMILES string of the molecule is CC/C=C\C/C=C\C/C=C\C/C=C\C/C=C\C/C=C\CCC(=O)NC(CSSCC(=O)Cc1ccc(O)c(C(C)=O)c1)C(=O)OC. The van der Waals surface area contributed by atoms with Crippen LogP contribution in [0.25, 0.3) is 0 Å². The minimum atomic E-state index is -0.814. The van der Waals surface area contributed by atoms with E-state index >= 15 is 0 Å². The van der Waals surface area contributed by atoms with Gasteiger partial charge in [0.2, 0.25) is 5.91 Å². The number of carbonyl (C=O) groups is 4. The molecule has 0 bridgehead atoms. The van der Waals surface area contributed by atoms with Crippen LogP contribution in [0.15, 0.2) is 91.1 Å². The first kappa shape index (κ1) is 40.5. The highest BCUT2D eigenvalue weighted by Crippen LogP contribution is 2.24. The quantitative estimate of drug-likeness (QED) is 0.0373. The maximum absolute atomic E-state index is 12.4. The predicted octanol–water partition coefficient (Wildman–Crippen LogP) is 8.22. The first-order valence-corrected chi connectivity index (χ1v) is 18.1.